The largest absolute Gasteiger partial charge is 0.340 e. The number of carbonyl (C=O) groups excluding carboxylic acids is 1. The molecule has 0 N–H and O–H groups in total. The van der Waals surface area contributed by atoms with Crippen molar-refractivity contribution < 1.29 is 13.2 Å². The highest BCUT2D eigenvalue weighted by Gasteiger charge is 2.31. The van der Waals surface area contributed by atoms with E-state index in [2.05, 4.69) is 4.98 Å². The van der Waals surface area contributed by atoms with E-state index in [4.69, 9.17) is 11.6 Å². The number of hydrogen-bond acceptors (Lipinski definition) is 4. The zero-order valence-electron chi connectivity index (χ0n) is 16.6. The molecule has 0 aliphatic carbocycles. The van der Waals surface area contributed by atoms with Crippen molar-refractivity contribution in [3.8, 4) is 0 Å². The molecule has 0 atom stereocenters. The molecule has 1 aliphatic rings. The van der Waals surface area contributed by atoms with Gasteiger partial charge in [0, 0.05) is 42.8 Å². The molecule has 1 aliphatic heterocycles. The molecule has 2 aromatic carbocycles. The number of pyridine rings is 1. The lowest BCUT2D eigenvalue weighted by Gasteiger charge is -2.34. The molecule has 156 valence electrons. The van der Waals surface area contributed by atoms with E-state index in [0.717, 1.165) is 11.1 Å². The van der Waals surface area contributed by atoms with Gasteiger partial charge >= 0.3 is 0 Å². The second-order valence-corrected chi connectivity index (χ2v) is 9.65. The maximum Gasteiger partial charge on any atom is 0.243 e. The molecule has 0 spiro atoms. The minimum atomic E-state index is -3.69. The van der Waals surface area contributed by atoms with Crippen LogP contribution in [0.3, 0.4) is 0 Å². The number of carbonyl (C=O) groups is 1. The van der Waals surface area contributed by atoms with Crippen molar-refractivity contribution in [2.24, 2.45) is 0 Å². The quantitative estimate of drug-likeness (QED) is 0.620. The van der Waals surface area contributed by atoms with Crippen LogP contribution in [-0.4, -0.2) is 54.7 Å². The number of halogens is 1. The Kier molecular flexibility index (Phi) is 5.77. The molecule has 30 heavy (non-hydrogen) atoms. The number of piperazine rings is 1. The van der Waals surface area contributed by atoms with E-state index in [1.54, 1.807) is 41.4 Å². The lowest BCUT2D eigenvalue weighted by molar-refractivity contribution is -0.131. The van der Waals surface area contributed by atoms with E-state index in [1.165, 1.54) is 4.31 Å². The molecule has 0 unspecified atom stereocenters. The van der Waals surface area contributed by atoms with Gasteiger partial charge in [0.1, 0.15) is 0 Å². The van der Waals surface area contributed by atoms with E-state index >= 15 is 0 Å². The first-order valence-electron chi connectivity index (χ1n) is 9.73. The van der Waals surface area contributed by atoms with Crippen LogP contribution in [-0.2, 0) is 21.2 Å². The van der Waals surface area contributed by atoms with Crippen LogP contribution >= 0.6 is 11.6 Å². The van der Waals surface area contributed by atoms with Crippen LogP contribution in [0, 0.1) is 6.92 Å². The van der Waals surface area contributed by atoms with Gasteiger partial charge in [-0.1, -0.05) is 35.9 Å². The molecular formula is C22H22ClN3O3S. The molecule has 4 rings (SSSR count). The first kappa shape index (κ1) is 20.8. The predicted octanol–water partition coefficient (Wildman–Crippen LogP) is 3.27. The predicted molar refractivity (Wildman–Crippen MR) is 117 cm³/mol. The van der Waals surface area contributed by atoms with Crippen molar-refractivity contribution in [3.63, 3.8) is 0 Å². The molecule has 0 bridgehead atoms. The Bertz CT molecular complexity index is 1210. The molecule has 6 nitrogen and oxygen atoms in total. The lowest BCUT2D eigenvalue weighted by Crippen LogP contribution is -2.50. The number of fused-ring (bicyclic) bond motifs is 1. The van der Waals surface area contributed by atoms with Gasteiger partial charge in [0.25, 0.3) is 0 Å². The lowest BCUT2D eigenvalue weighted by atomic mass is 10.1. The third-order valence-corrected chi connectivity index (χ3v) is 7.77. The fraction of sp³-hybridized carbons (Fsp3) is 0.273. The summed E-state index contributed by atoms with van der Waals surface area (Å²) >= 11 is 6.15. The van der Waals surface area contributed by atoms with Crippen molar-refractivity contribution in [2.45, 2.75) is 18.2 Å². The number of sulfonamides is 1. The van der Waals surface area contributed by atoms with Crippen LogP contribution in [0.25, 0.3) is 10.9 Å². The second-order valence-electron chi connectivity index (χ2n) is 7.33. The standard InChI is InChI=1S/C22H22ClN3O3S/c1-16-8-9-20(18-6-4-10-24-22(16)18)30(28,29)26-13-11-25(12-14-26)21(27)15-17-5-2-3-7-19(17)23/h2-10H,11-15H2,1H3. The van der Waals surface area contributed by atoms with Gasteiger partial charge in [0.05, 0.1) is 16.8 Å². The summed E-state index contributed by atoms with van der Waals surface area (Å²) in [5.41, 5.74) is 2.39. The molecule has 8 heteroatoms. The van der Waals surface area contributed by atoms with Gasteiger partial charge in [-0.2, -0.15) is 4.31 Å². The molecule has 1 aromatic heterocycles. The highest BCUT2D eigenvalue weighted by molar-refractivity contribution is 7.89. The SMILES string of the molecule is Cc1ccc(S(=O)(=O)N2CCN(C(=O)Cc3ccccc3Cl)CC2)c2cccnc12. The van der Waals surface area contributed by atoms with Gasteiger partial charge < -0.3 is 4.90 Å². The van der Waals surface area contributed by atoms with Crippen molar-refractivity contribution >= 4 is 38.4 Å². The number of rotatable bonds is 4. The topological polar surface area (TPSA) is 70.6 Å². The van der Waals surface area contributed by atoms with Crippen LogP contribution in [0.5, 0.6) is 0 Å². The van der Waals surface area contributed by atoms with E-state index < -0.39 is 10.0 Å². The zero-order chi connectivity index (χ0) is 21.3. The van der Waals surface area contributed by atoms with Crippen molar-refractivity contribution in [1.82, 2.24) is 14.2 Å². The molecule has 1 amide bonds. The Balaban J connectivity index is 1.49. The third-order valence-electron chi connectivity index (χ3n) is 5.44. The van der Waals surface area contributed by atoms with E-state index in [1.807, 2.05) is 25.1 Å². The molecule has 1 saturated heterocycles. The summed E-state index contributed by atoms with van der Waals surface area (Å²) in [6, 6.07) is 14.2. The van der Waals surface area contributed by atoms with Crippen molar-refractivity contribution in [2.75, 3.05) is 26.2 Å². The smallest absolute Gasteiger partial charge is 0.243 e. The van der Waals surface area contributed by atoms with E-state index in [9.17, 15) is 13.2 Å². The van der Waals surface area contributed by atoms with Crippen molar-refractivity contribution in [3.05, 3.63) is 70.9 Å². The van der Waals surface area contributed by atoms with Crippen LogP contribution < -0.4 is 0 Å². The number of amides is 1. The molecule has 1 fully saturated rings. The zero-order valence-corrected chi connectivity index (χ0v) is 18.2. The van der Waals surface area contributed by atoms with Gasteiger partial charge in [-0.3, -0.25) is 9.78 Å². The number of nitrogens with zero attached hydrogens (tertiary/aromatic N) is 3. The summed E-state index contributed by atoms with van der Waals surface area (Å²) in [5.74, 6) is -0.0508. The minimum absolute atomic E-state index is 0.0508. The maximum atomic E-state index is 13.3. The monoisotopic (exact) mass is 443 g/mol. The summed E-state index contributed by atoms with van der Waals surface area (Å²) < 4.78 is 28.1. The maximum absolute atomic E-state index is 13.3. The molecule has 3 aromatic rings. The second kappa shape index (κ2) is 8.34. The van der Waals surface area contributed by atoms with Gasteiger partial charge in [-0.05, 0) is 42.3 Å². The van der Waals surface area contributed by atoms with Gasteiger partial charge in [0.15, 0.2) is 0 Å². The highest BCUT2D eigenvalue weighted by atomic mass is 35.5. The summed E-state index contributed by atoms with van der Waals surface area (Å²) in [7, 11) is -3.69. The Hall–Kier alpha value is -2.48. The molecular weight excluding hydrogens is 422 g/mol. The Morgan fingerprint density at radius 2 is 1.77 bits per heavy atom. The number of benzene rings is 2. The van der Waals surface area contributed by atoms with Crippen LogP contribution in [0.2, 0.25) is 5.02 Å². The number of aryl methyl sites for hydroxylation is 1. The first-order chi connectivity index (χ1) is 14.4. The van der Waals surface area contributed by atoms with Gasteiger partial charge in [-0.15, -0.1) is 0 Å². The summed E-state index contributed by atoms with van der Waals surface area (Å²) in [6.45, 7) is 3.13. The number of aromatic nitrogens is 1. The average molecular weight is 444 g/mol. The van der Waals surface area contributed by atoms with E-state index in [0.29, 0.717) is 29.0 Å². The van der Waals surface area contributed by atoms with Crippen molar-refractivity contribution in [1.29, 1.82) is 0 Å². The summed E-state index contributed by atoms with van der Waals surface area (Å²) in [5, 5.41) is 1.18. The highest BCUT2D eigenvalue weighted by Crippen LogP contribution is 2.27. The Labute approximate surface area is 181 Å². The van der Waals surface area contributed by atoms with Gasteiger partial charge in [0.2, 0.25) is 15.9 Å². The van der Waals surface area contributed by atoms with E-state index in [-0.39, 0.29) is 30.3 Å². The Morgan fingerprint density at radius 1 is 1.03 bits per heavy atom. The summed E-state index contributed by atoms with van der Waals surface area (Å²) in [6.07, 6.45) is 1.87. The number of hydrogen-bond donors (Lipinski definition) is 0. The third kappa shape index (κ3) is 3.93. The molecule has 0 radical (unpaired) electrons. The van der Waals surface area contributed by atoms with Crippen LogP contribution in [0.15, 0.2) is 59.6 Å². The molecule has 0 saturated carbocycles. The van der Waals surface area contributed by atoms with Crippen LogP contribution in [0.1, 0.15) is 11.1 Å². The first-order valence-corrected chi connectivity index (χ1v) is 11.6. The average Bonchev–Trinajstić information content (AvgIpc) is 2.75. The van der Waals surface area contributed by atoms with Crippen LogP contribution in [0.4, 0.5) is 0 Å². The fourth-order valence-corrected chi connectivity index (χ4v) is 5.55. The Morgan fingerprint density at radius 3 is 2.50 bits per heavy atom. The fourth-order valence-electron chi connectivity index (χ4n) is 3.75. The minimum Gasteiger partial charge on any atom is -0.340 e. The van der Waals surface area contributed by atoms with Gasteiger partial charge in [-0.25, -0.2) is 8.42 Å². The molecule has 2 heterocycles. The normalized spacial score (nSPS) is 15.5. The summed E-state index contributed by atoms with van der Waals surface area (Å²) in [4.78, 5) is 18.9.